The van der Waals surface area contributed by atoms with Gasteiger partial charge in [-0.3, -0.25) is 9.78 Å². The lowest BCUT2D eigenvalue weighted by molar-refractivity contribution is -0.136. The van der Waals surface area contributed by atoms with Crippen LogP contribution in [-0.4, -0.2) is 26.8 Å². The van der Waals surface area contributed by atoms with Gasteiger partial charge in [-0.2, -0.15) is 0 Å². The van der Waals surface area contributed by atoms with Crippen LogP contribution in [0.2, 0.25) is 5.02 Å². The molecule has 0 saturated heterocycles. The summed E-state index contributed by atoms with van der Waals surface area (Å²) in [6.45, 7) is 5.48. The molecule has 0 aliphatic rings. The molecular weight excluding hydrogens is 450 g/mol. The fourth-order valence-electron chi connectivity index (χ4n) is 3.47. The van der Waals surface area contributed by atoms with E-state index in [0.29, 0.717) is 10.8 Å². The molecule has 0 radical (unpaired) electrons. The fraction of sp³-hybridized carbons (Fsp3) is 0.214. The first-order valence-electron chi connectivity index (χ1n) is 10.9. The van der Waals surface area contributed by atoms with Crippen LogP contribution in [0.1, 0.15) is 31.9 Å². The van der Waals surface area contributed by atoms with E-state index in [1.807, 2.05) is 60.7 Å². The molecule has 3 aromatic carbocycles. The largest absolute Gasteiger partial charge is 0.487 e. The molecule has 0 fully saturated rings. The van der Waals surface area contributed by atoms with E-state index in [9.17, 15) is 9.90 Å². The lowest BCUT2D eigenvalue weighted by Crippen LogP contribution is -2.10. The molecule has 1 heterocycles. The Kier molecular flexibility index (Phi) is 8.26. The first-order valence-corrected chi connectivity index (χ1v) is 11.3. The van der Waals surface area contributed by atoms with Gasteiger partial charge in [-0.1, -0.05) is 48.0 Å². The molecule has 0 unspecified atom stereocenters. The summed E-state index contributed by atoms with van der Waals surface area (Å²) in [6, 6.07) is 21.0. The van der Waals surface area contributed by atoms with Gasteiger partial charge in [0.15, 0.2) is 0 Å². The number of ether oxygens (including phenoxy) is 1. The Morgan fingerprint density at radius 3 is 2.32 bits per heavy atom. The van der Waals surface area contributed by atoms with Gasteiger partial charge in [0, 0.05) is 11.2 Å². The molecule has 0 spiro atoms. The van der Waals surface area contributed by atoms with Gasteiger partial charge in [0.05, 0.1) is 18.2 Å². The maximum atomic E-state index is 11.7. The Morgan fingerprint density at radius 2 is 1.71 bits per heavy atom. The number of carboxylic acids is 1. The quantitative estimate of drug-likeness (QED) is 0.329. The van der Waals surface area contributed by atoms with Crippen LogP contribution in [-0.2, 0) is 17.8 Å². The Morgan fingerprint density at radius 1 is 1.03 bits per heavy atom. The zero-order valence-corrected chi connectivity index (χ0v) is 20.2. The summed E-state index contributed by atoms with van der Waals surface area (Å²) >= 11 is 6.07. The molecule has 0 bridgehead atoms. The summed E-state index contributed by atoms with van der Waals surface area (Å²) in [7, 11) is 0. The number of aromatic nitrogens is 1. The third-order valence-corrected chi connectivity index (χ3v) is 4.99. The van der Waals surface area contributed by atoms with Crippen LogP contribution in [0.25, 0.3) is 21.9 Å². The van der Waals surface area contributed by atoms with Gasteiger partial charge in [0.2, 0.25) is 0 Å². The second-order valence-corrected chi connectivity index (χ2v) is 9.27. The number of pyridine rings is 1. The molecule has 0 amide bonds. The van der Waals surface area contributed by atoms with Crippen molar-refractivity contribution in [1.29, 1.82) is 0 Å². The van der Waals surface area contributed by atoms with Crippen molar-refractivity contribution in [2.24, 2.45) is 0 Å². The maximum absolute atomic E-state index is 11.7. The molecule has 4 rings (SSSR count). The molecule has 176 valence electrons. The number of carboxylic acid groups (broad SMARTS) is 1. The molecular formula is C28H28ClNO4. The third-order valence-electron chi connectivity index (χ3n) is 4.74. The zero-order valence-electron chi connectivity index (χ0n) is 19.5. The van der Waals surface area contributed by atoms with Crippen molar-refractivity contribution in [3.05, 3.63) is 95.3 Å². The number of carbonyl (C=O) groups is 1. The average molecular weight is 478 g/mol. The first kappa shape index (κ1) is 25.2. The molecule has 34 heavy (non-hydrogen) atoms. The molecule has 4 aromatic rings. The Bertz CT molecular complexity index is 1240. The van der Waals surface area contributed by atoms with Crippen molar-refractivity contribution >= 4 is 28.3 Å². The average Bonchev–Trinajstić information content (AvgIpc) is 2.78. The summed E-state index contributed by atoms with van der Waals surface area (Å²) in [4.78, 5) is 15.8. The van der Waals surface area contributed by atoms with Gasteiger partial charge in [-0.15, -0.1) is 0 Å². The van der Waals surface area contributed by atoms with E-state index >= 15 is 0 Å². The van der Waals surface area contributed by atoms with Crippen LogP contribution >= 0.6 is 11.6 Å². The van der Waals surface area contributed by atoms with Gasteiger partial charge >= 0.3 is 5.97 Å². The summed E-state index contributed by atoms with van der Waals surface area (Å²) in [6.07, 6.45) is 3.21. The fourth-order valence-corrected chi connectivity index (χ4v) is 3.60. The molecule has 5 nitrogen and oxygen atoms in total. The highest BCUT2D eigenvalue weighted by atomic mass is 35.5. The second kappa shape index (κ2) is 11.1. The van der Waals surface area contributed by atoms with Gasteiger partial charge in [0.25, 0.3) is 0 Å². The third kappa shape index (κ3) is 7.30. The number of aliphatic carboxylic acids is 1. The predicted octanol–water partition coefficient (Wildman–Crippen LogP) is 6.54. The number of benzene rings is 3. The summed E-state index contributed by atoms with van der Waals surface area (Å²) < 4.78 is 5.90. The van der Waals surface area contributed by atoms with Crippen molar-refractivity contribution < 1.29 is 19.7 Å². The number of hydrogen-bond acceptors (Lipinski definition) is 4. The molecule has 6 heteroatoms. The molecule has 0 aliphatic carbocycles. The van der Waals surface area contributed by atoms with Gasteiger partial charge in [-0.05, 0) is 84.1 Å². The van der Waals surface area contributed by atoms with E-state index in [0.717, 1.165) is 33.0 Å². The molecule has 0 aliphatic heterocycles. The molecule has 1 aromatic heterocycles. The summed E-state index contributed by atoms with van der Waals surface area (Å²) in [5.41, 5.74) is 2.89. The normalized spacial score (nSPS) is 11.0. The number of halogens is 1. The lowest BCUT2D eigenvalue weighted by Gasteiger charge is -2.18. The highest BCUT2D eigenvalue weighted by molar-refractivity contribution is 6.30. The molecule has 2 N–H and O–H groups in total. The lowest BCUT2D eigenvalue weighted by atomic mass is 9.88. The summed E-state index contributed by atoms with van der Waals surface area (Å²) in [5, 5.41) is 20.8. The minimum atomic E-state index is -0.891. The second-order valence-electron chi connectivity index (χ2n) is 8.84. The van der Waals surface area contributed by atoms with Crippen molar-refractivity contribution in [3.63, 3.8) is 0 Å². The monoisotopic (exact) mass is 477 g/mol. The number of rotatable bonds is 6. The SMILES string of the molecule is CC(C)(C)O.O=C(O)Cc1c(COc2cccnc2)cc2ccccc2c1-c1ccc(Cl)cc1. The van der Waals surface area contributed by atoms with Crippen LogP contribution in [0.3, 0.4) is 0 Å². The first-order chi connectivity index (χ1) is 16.1. The van der Waals surface area contributed by atoms with Crippen LogP contribution < -0.4 is 4.74 Å². The highest BCUT2D eigenvalue weighted by Gasteiger charge is 2.18. The minimum Gasteiger partial charge on any atom is -0.487 e. The van der Waals surface area contributed by atoms with Gasteiger partial charge < -0.3 is 14.9 Å². The molecule has 0 atom stereocenters. The van der Waals surface area contributed by atoms with Crippen molar-refractivity contribution in [2.75, 3.05) is 0 Å². The van der Waals surface area contributed by atoms with Gasteiger partial charge in [0.1, 0.15) is 12.4 Å². The molecule has 0 saturated carbocycles. The topological polar surface area (TPSA) is 79.7 Å². The van der Waals surface area contributed by atoms with E-state index in [1.54, 1.807) is 39.2 Å². The standard InChI is InChI=1S/C24H18ClNO3.C4H10O/c25-19-9-7-16(8-10-19)24-21-6-2-1-4-17(21)12-18(22(24)13-23(27)28)15-29-20-5-3-11-26-14-20;1-4(2,3)5/h1-12,14H,13,15H2,(H,27,28);5H,1-3H3. The van der Waals surface area contributed by atoms with E-state index in [2.05, 4.69) is 4.98 Å². The highest BCUT2D eigenvalue weighted by Crippen LogP contribution is 2.36. The Labute approximate surface area is 204 Å². The number of hydrogen-bond donors (Lipinski definition) is 2. The maximum Gasteiger partial charge on any atom is 0.307 e. The van der Waals surface area contributed by atoms with Crippen molar-refractivity contribution in [3.8, 4) is 16.9 Å². The van der Waals surface area contributed by atoms with E-state index in [1.165, 1.54) is 0 Å². The van der Waals surface area contributed by atoms with Crippen LogP contribution in [0.15, 0.2) is 79.1 Å². The Hall–Kier alpha value is -3.41. The number of aliphatic hydroxyl groups is 1. The van der Waals surface area contributed by atoms with Crippen LogP contribution in [0, 0.1) is 0 Å². The number of nitrogens with zero attached hydrogens (tertiary/aromatic N) is 1. The van der Waals surface area contributed by atoms with E-state index < -0.39 is 11.6 Å². The van der Waals surface area contributed by atoms with Crippen LogP contribution in [0.5, 0.6) is 5.75 Å². The van der Waals surface area contributed by atoms with Crippen molar-refractivity contribution in [1.82, 2.24) is 4.98 Å². The van der Waals surface area contributed by atoms with Crippen LogP contribution in [0.4, 0.5) is 0 Å². The zero-order chi connectivity index (χ0) is 24.7. The Balaban J connectivity index is 0.000000588. The predicted molar refractivity (Wildman–Crippen MR) is 136 cm³/mol. The number of fused-ring (bicyclic) bond motifs is 1. The van der Waals surface area contributed by atoms with E-state index in [-0.39, 0.29) is 13.0 Å². The van der Waals surface area contributed by atoms with Crippen molar-refractivity contribution in [2.45, 2.75) is 39.4 Å². The minimum absolute atomic E-state index is 0.103. The van der Waals surface area contributed by atoms with E-state index in [4.69, 9.17) is 21.4 Å². The summed E-state index contributed by atoms with van der Waals surface area (Å²) in [5.74, 6) is -0.256. The smallest absolute Gasteiger partial charge is 0.307 e. The van der Waals surface area contributed by atoms with Gasteiger partial charge in [-0.25, -0.2) is 0 Å².